The number of hydrogen-bond acceptors (Lipinski definition) is 5. The van der Waals surface area contributed by atoms with Gasteiger partial charge in [0, 0.05) is 19.5 Å². The summed E-state index contributed by atoms with van der Waals surface area (Å²) in [5.74, 6) is 0.151. The van der Waals surface area contributed by atoms with Crippen molar-refractivity contribution in [3.63, 3.8) is 0 Å². The van der Waals surface area contributed by atoms with E-state index in [0.717, 1.165) is 0 Å². The summed E-state index contributed by atoms with van der Waals surface area (Å²) in [6, 6.07) is 3.35. The Balaban J connectivity index is 2.04. The second-order valence-corrected chi connectivity index (χ2v) is 6.02. The van der Waals surface area contributed by atoms with Crippen LogP contribution < -0.4 is 10.1 Å². The van der Waals surface area contributed by atoms with E-state index in [2.05, 4.69) is 10.4 Å². The number of rotatable bonds is 6. The minimum Gasteiger partial charge on any atom is -0.481 e. The number of Topliss-reactive ketones (excluding diaryl/α,β-unsaturated/α-hetero) is 1. The number of nitrogens with one attached hydrogen (secondary N) is 1. The molecule has 0 aliphatic heterocycles. The monoisotopic (exact) mass is 321 g/mol. The van der Waals surface area contributed by atoms with Crippen molar-refractivity contribution in [3.05, 3.63) is 33.6 Å². The van der Waals surface area contributed by atoms with Crippen LogP contribution in [0, 0.1) is 6.92 Å². The van der Waals surface area contributed by atoms with Crippen LogP contribution in [-0.2, 0) is 7.05 Å². The average Bonchev–Trinajstić information content (AvgIpc) is 3.05. The molecule has 0 saturated carbocycles. The average molecular weight is 321 g/mol. The third-order valence-electron chi connectivity index (χ3n) is 3.26. The first-order valence-corrected chi connectivity index (χ1v) is 7.77. The number of ketones is 1. The van der Waals surface area contributed by atoms with Gasteiger partial charge in [0.25, 0.3) is 5.91 Å². The molecule has 1 atom stereocenters. The van der Waals surface area contributed by atoms with Crippen molar-refractivity contribution in [2.75, 3.05) is 7.11 Å². The second-order valence-electron chi connectivity index (χ2n) is 5.07. The summed E-state index contributed by atoms with van der Waals surface area (Å²) in [4.78, 5) is 25.1. The highest BCUT2D eigenvalue weighted by Gasteiger charge is 2.23. The van der Waals surface area contributed by atoms with Gasteiger partial charge >= 0.3 is 0 Å². The Morgan fingerprint density at radius 2 is 2.23 bits per heavy atom. The Hall–Kier alpha value is -2.15. The van der Waals surface area contributed by atoms with E-state index in [9.17, 15) is 9.59 Å². The number of ether oxygens (including phenoxy) is 1. The Labute approximate surface area is 133 Å². The zero-order valence-electron chi connectivity index (χ0n) is 13.0. The Morgan fingerprint density at radius 3 is 2.82 bits per heavy atom. The van der Waals surface area contributed by atoms with Gasteiger partial charge in [-0.05, 0) is 25.3 Å². The van der Waals surface area contributed by atoms with Gasteiger partial charge < -0.3 is 10.1 Å². The minimum atomic E-state index is -0.283. The standard InChI is InChI=1S/C15H19N3O3S/c1-9(8-11(19)12-6-5-7-22-12)16-14(20)13-10(2)17-18(3)15(13)21-4/h5-7,9H,8H2,1-4H3,(H,16,20). The molecule has 0 saturated heterocycles. The highest BCUT2D eigenvalue weighted by Crippen LogP contribution is 2.21. The molecule has 6 nitrogen and oxygen atoms in total. The van der Waals surface area contributed by atoms with E-state index in [1.54, 1.807) is 20.0 Å². The predicted molar refractivity (Wildman–Crippen MR) is 84.7 cm³/mol. The summed E-state index contributed by atoms with van der Waals surface area (Å²) in [7, 11) is 3.21. The summed E-state index contributed by atoms with van der Waals surface area (Å²) in [5, 5.41) is 8.87. The minimum absolute atomic E-state index is 0.0256. The molecule has 1 N–H and O–H groups in total. The molecule has 0 aliphatic carbocycles. The lowest BCUT2D eigenvalue weighted by atomic mass is 10.1. The van der Waals surface area contributed by atoms with Crippen molar-refractivity contribution in [2.24, 2.45) is 7.05 Å². The molecule has 7 heteroatoms. The fraction of sp³-hybridized carbons (Fsp3) is 0.400. The van der Waals surface area contributed by atoms with Gasteiger partial charge in [0.15, 0.2) is 5.78 Å². The molecule has 0 aliphatic rings. The summed E-state index contributed by atoms with van der Waals surface area (Å²) in [6.45, 7) is 3.56. The SMILES string of the molecule is COc1c(C(=O)NC(C)CC(=O)c2cccs2)c(C)nn1C. The summed E-state index contributed by atoms with van der Waals surface area (Å²) in [5.41, 5.74) is 0.994. The molecule has 1 amide bonds. The van der Waals surface area contributed by atoms with Gasteiger partial charge in [-0.15, -0.1) is 11.3 Å². The fourth-order valence-electron chi connectivity index (χ4n) is 2.30. The number of methoxy groups -OCH3 is 1. The van der Waals surface area contributed by atoms with Gasteiger partial charge in [0.2, 0.25) is 5.88 Å². The van der Waals surface area contributed by atoms with Crippen molar-refractivity contribution < 1.29 is 14.3 Å². The first-order chi connectivity index (χ1) is 10.4. The molecule has 0 bridgehead atoms. The van der Waals surface area contributed by atoms with Crippen molar-refractivity contribution in [2.45, 2.75) is 26.3 Å². The van der Waals surface area contributed by atoms with Crippen LogP contribution in [0.5, 0.6) is 5.88 Å². The Kier molecular flexibility index (Phi) is 4.97. The number of nitrogens with zero attached hydrogens (tertiary/aromatic N) is 2. The third kappa shape index (κ3) is 3.36. The van der Waals surface area contributed by atoms with Gasteiger partial charge in [-0.3, -0.25) is 9.59 Å². The molecule has 1 unspecified atom stereocenters. The van der Waals surface area contributed by atoms with E-state index in [1.807, 2.05) is 18.4 Å². The molecule has 0 spiro atoms. The number of carbonyl (C=O) groups is 2. The molecular weight excluding hydrogens is 302 g/mol. The normalized spacial score (nSPS) is 12.0. The first-order valence-electron chi connectivity index (χ1n) is 6.89. The maximum Gasteiger partial charge on any atom is 0.258 e. The van der Waals surface area contributed by atoms with Crippen molar-refractivity contribution in [1.29, 1.82) is 0 Å². The van der Waals surface area contributed by atoms with Crippen LogP contribution in [0.4, 0.5) is 0 Å². The van der Waals surface area contributed by atoms with Crippen LogP contribution in [0.25, 0.3) is 0 Å². The van der Waals surface area contributed by atoms with Gasteiger partial charge in [0.05, 0.1) is 17.7 Å². The zero-order valence-corrected chi connectivity index (χ0v) is 13.9. The quantitative estimate of drug-likeness (QED) is 0.828. The molecule has 2 heterocycles. The first kappa shape index (κ1) is 16.2. The van der Waals surface area contributed by atoms with E-state index < -0.39 is 0 Å². The Morgan fingerprint density at radius 1 is 1.50 bits per heavy atom. The number of amides is 1. The largest absolute Gasteiger partial charge is 0.481 e. The highest BCUT2D eigenvalue weighted by molar-refractivity contribution is 7.12. The molecular formula is C15H19N3O3S. The van der Waals surface area contributed by atoms with Crippen LogP contribution in [0.1, 0.15) is 39.1 Å². The maximum atomic E-state index is 12.4. The van der Waals surface area contributed by atoms with Gasteiger partial charge in [-0.25, -0.2) is 4.68 Å². The van der Waals surface area contributed by atoms with Gasteiger partial charge in [-0.1, -0.05) is 6.07 Å². The topological polar surface area (TPSA) is 73.2 Å². The molecule has 0 aromatic carbocycles. The van der Waals surface area contributed by atoms with E-state index in [-0.39, 0.29) is 24.2 Å². The van der Waals surface area contributed by atoms with E-state index in [1.165, 1.54) is 23.1 Å². The lowest BCUT2D eigenvalue weighted by molar-refractivity contribution is 0.0916. The maximum absolute atomic E-state index is 12.4. The molecule has 0 fully saturated rings. The lowest BCUT2D eigenvalue weighted by Gasteiger charge is -2.13. The zero-order chi connectivity index (χ0) is 16.3. The molecule has 2 rings (SSSR count). The van der Waals surface area contributed by atoms with Crippen LogP contribution in [0.3, 0.4) is 0 Å². The number of aromatic nitrogens is 2. The van der Waals surface area contributed by atoms with Crippen LogP contribution in [0.2, 0.25) is 0 Å². The number of thiophene rings is 1. The molecule has 2 aromatic rings. The summed E-state index contributed by atoms with van der Waals surface area (Å²) in [6.07, 6.45) is 0.258. The van der Waals surface area contributed by atoms with Crippen LogP contribution in [0.15, 0.2) is 17.5 Å². The Bertz CT molecular complexity index is 677. The van der Waals surface area contributed by atoms with Gasteiger partial charge in [-0.2, -0.15) is 5.10 Å². The number of aryl methyl sites for hydroxylation is 2. The highest BCUT2D eigenvalue weighted by atomic mass is 32.1. The van der Waals surface area contributed by atoms with Crippen molar-refractivity contribution >= 4 is 23.0 Å². The van der Waals surface area contributed by atoms with E-state index in [0.29, 0.717) is 22.0 Å². The van der Waals surface area contributed by atoms with Gasteiger partial charge in [0.1, 0.15) is 5.56 Å². The molecule has 0 radical (unpaired) electrons. The van der Waals surface area contributed by atoms with E-state index in [4.69, 9.17) is 4.74 Å². The second kappa shape index (κ2) is 6.74. The van der Waals surface area contributed by atoms with Crippen molar-refractivity contribution in [1.82, 2.24) is 15.1 Å². The smallest absolute Gasteiger partial charge is 0.258 e. The van der Waals surface area contributed by atoms with E-state index >= 15 is 0 Å². The predicted octanol–water partition coefficient (Wildman–Crippen LogP) is 2.19. The molecule has 2 aromatic heterocycles. The third-order valence-corrected chi connectivity index (χ3v) is 4.17. The van der Waals surface area contributed by atoms with Crippen LogP contribution >= 0.6 is 11.3 Å². The number of hydrogen-bond donors (Lipinski definition) is 1. The van der Waals surface area contributed by atoms with Crippen LogP contribution in [-0.4, -0.2) is 34.6 Å². The molecule has 118 valence electrons. The lowest BCUT2D eigenvalue weighted by Crippen LogP contribution is -2.34. The van der Waals surface area contributed by atoms with Crippen molar-refractivity contribution in [3.8, 4) is 5.88 Å². The summed E-state index contributed by atoms with van der Waals surface area (Å²) < 4.78 is 6.73. The number of carbonyl (C=O) groups excluding carboxylic acids is 2. The fourth-order valence-corrected chi connectivity index (χ4v) is 2.97. The molecule has 22 heavy (non-hydrogen) atoms. The summed E-state index contributed by atoms with van der Waals surface area (Å²) >= 11 is 1.40.